The number of benzene rings is 1. The molecule has 1 aromatic heterocycles. The Morgan fingerprint density at radius 2 is 1.95 bits per heavy atom. The summed E-state index contributed by atoms with van der Waals surface area (Å²) in [6.45, 7) is 6.22. The van der Waals surface area contributed by atoms with E-state index in [1.165, 1.54) is 16.0 Å². The number of hydrogen-bond acceptors (Lipinski definition) is 3. The van der Waals surface area contributed by atoms with Crippen molar-refractivity contribution in [3.63, 3.8) is 0 Å². The van der Waals surface area contributed by atoms with Crippen LogP contribution in [0.3, 0.4) is 0 Å². The van der Waals surface area contributed by atoms with Crippen LogP contribution in [0, 0.1) is 6.92 Å². The van der Waals surface area contributed by atoms with E-state index in [0.29, 0.717) is 0 Å². The van der Waals surface area contributed by atoms with Gasteiger partial charge < -0.3 is 10.2 Å². The lowest BCUT2D eigenvalue weighted by molar-refractivity contribution is 0.324. The standard InChI is InChI=1S/C16H22N2S/c1-14-5-7-15(8-6-14)13-18(2)10-9-17-12-16-4-3-11-19-16/h3-8,11,17H,9-10,12-13H2,1-2H3. The minimum absolute atomic E-state index is 0.982. The van der Waals surface area contributed by atoms with Crippen LogP contribution in [0.5, 0.6) is 0 Å². The highest BCUT2D eigenvalue weighted by Crippen LogP contribution is 2.07. The van der Waals surface area contributed by atoms with Crippen LogP contribution in [0.4, 0.5) is 0 Å². The summed E-state index contributed by atoms with van der Waals surface area (Å²) < 4.78 is 0. The number of nitrogens with zero attached hydrogens (tertiary/aromatic N) is 1. The Hall–Kier alpha value is -1.16. The van der Waals surface area contributed by atoms with E-state index >= 15 is 0 Å². The maximum Gasteiger partial charge on any atom is 0.0300 e. The Bertz CT molecular complexity index is 462. The highest BCUT2D eigenvalue weighted by Gasteiger charge is 2.00. The molecule has 0 fully saturated rings. The average molecular weight is 274 g/mol. The topological polar surface area (TPSA) is 15.3 Å². The lowest BCUT2D eigenvalue weighted by atomic mass is 10.1. The molecule has 0 atom stereocenters. The second-order valence-corrected chi connectivity index (χ2v) is 6.01. The predicted octanol–water partition coefficient (Wildman–Crippen LogP) is 3.28. The van der Waals surface area contributed by atoms with Gasteiger partial charge in [0, 0.05) is 31.1 Å². The van der Waals surface area contributed by atoms with E-state index in [1.807, 2.05) is 11.3 Å². The van der Waals surface area contributed by atoms with Gasteiger partial charge in [0.15, 0.2) is 0 Å². The Morgan fingerprint density at radius 1 is 1.16 bits per heavy atom. The molecule has 0 saturated carbocycles. The van der Waals surface area contributed by atoms with Gasteiger partial charge in [0.05, 0.1) is 0 Å². The van der Waals surface area contributed by atoms with Crippen molar-refractivity contribution in [2.45, 2.75) is 20.0 Å². The minimum atomic E-state index is 0.982. The average Bonchev–Trinajstić information content (AvgIpc) is 2.91. The fourth-order valence-electron chi connectivity index (χ4n) is 1.98. The van der Waals surface area contributed by atoms with Crippen LogP contribution in [0.2, 0.25) is 0 Å². The molecular weight excluding hydrogens is 252 g/mol. The summed E-state index contributed by atoms with van der Waals surface area (Å²) in [6.07, 6.45) is 0. The van der Waals surface area contributed by atoms with Crippen molar-refractivity contribution < 1.29 is 0 Å². The number of thiophene rings is 1. The molecule has 2 nitrogen and oxygen atoms in total. The highest BCUT2D eigenvalue weighted by molar-refractivity contribution is 7.09. The van der Waals surface area contributed by atoms with Gasteiger partial charge in [0.1, 0.15) is 0 Å². The molecule has 0 unspecified atom stereocenters. The zero-order valence-electron chi connectivity index (χ0n) is 11.7. The molecular formula is C16H22N2S. The summed E-state index contributed by atoms with van der Waals surface area (Å²) in [5.74, 6) is 0. The molecule has 0 aliphatic heterocycles. The van der Waals surface area contributed by atoms with E-state index in [0.717, 1.165) is 26.2 Å². The molecule has 19 heavy (non-hydrogen) atoms. The van der Waals surface area contributed by atoms with E-state index in [2.05, 4.69) is 66.0 Å². The molecule has 0 bridgehead atoms. The van der Waals surface area contributed by atoms with E-state index in [4.69, 9.17) is 0 Å². The molecule has 0 aliphatic rings. The molecule has 1 N–H and O–H groups in total. The largest absolute Gasteiger partial charge is 0.311 e. The lowest BCUT2D eigenvalue weighted by Crippen LogP contribution is -2.28. The predicted molar refractivity (Wildman–Crippen MR) is 83.5 cm³/mol. The fraction of sp³-hybridized carbons (Fsp3) is 0.375. The molecule has 3 heteroatoms. The van der Waals surface area contributed by atoms with Crippen molar-refractivity contribution in [1.82, 2.24) is 10.2 Å². The van der Waals surface area contributed by atoms with Gasteiger partial charge in [-0.05, 0) is 31.0 Å². The number of hydrogen-bond donors (Lipinski definition) is 1. The molecule has 0 amide bonds. The third-order valence-corrected chi connectivity index (χ3v) is 4.00. The number of nitrogens with one attached hydrogen (secondary N) is 1. The minimum Gasteiger partial charge on any atom is -0.311 e. The summed E-state index contributed by atoms with van der Waals surface area (Å²) in [5, 5.41) is 5.61. The van der Waals surface area contributed by atoms with Crippen molar-refractivity contribution >= 4 is 11.3 Å². The van der Waals surface area contributed by atoms with E-state index in [-0.39, 0.29) is 0 Å². The molecule has 0 aliphatic carbocycles. The highest BCUT2D eigenvalue weighted by atomic mass is 32.1. The Balaban J connectivity index is 1.64. The molecule has 1 heterocycles. The maximum absolute atomic E-state index is 3.48. The van der Waals surface area contributed by atoms with Crippen LogP contribution in [-0.2, 0) is 13.1 Å². The van der Waals surface area contributed by atoms with Crippen LogP contribution < -0.4 is 5.32 Å². The van der Waals surface area contributed by atoms with Gasteiger partial charge in [-0.3, -0.25) is 0 Å². The first-order chi connectivity index (χ1) is 9.24. The first-order valence-electron chi connectivity index (χ1n) is 6.71. The normalized spacial score (nSPS) is 11.1. The van der Waals surface area contributed by atoms with Crippen LogP contribution in [0.25, 0.3) is 0 Å². The summed E-state index contributed by atoms with van der Waals surface area (Å²) in [6, 6.07) is 13.1. The molecule has 0 spiro atoms. The molecule has 2 rings (SSSR count). The maximum atomic E-state index is 3.48. The Labute approximate surface area is 120 Å². The molecule has 0 saturated heterocycles. The second kappa shape index (κ2) is 7.43. The van der Waals surface area contributed by atoms with Crippen LogP contribution in [0.15, 0.2) is 41.8 Å². The molecule has 102 valence electrons. The summed E-state index contributed by atoms with van der Waals surface area (Å²) in [5.41, 5.74) is 2.70. The van der Waals surface area contributed by atoms with E-state index in [9.17, 15) is 0 Å². The smallest absolute Gasteiger partial charge is 0.0300 e. The Kier molecular flexibility index (Phi) is 5.58. The van der Waals surface area contributed by atoms with Gasteiger partial charge in [-0.15, -0.1) is 11.3 Å². The first-order valence-corrected chi connectivity index (χ1v) is 7.59. The second-order valence-electron chi connectivity index (χ2n) is 4.98. The summed E-state index contributed by atoms with van der Waals surface area (Å²) in [7, 11) is 2.17. The molecule has 0 radical (unpaired) electrons. The number of rotatable bonds is 7. The van der Waals surface area contributed by atoms with Crippen molar-refractivity contribution in [1.29, 1.82) is 0 Å². The third-order valence-electron chi connectivity index (χ3n) is 3.12. The molecule has 1 aromatic carbocycles. The van der Waals surface area contributed by atoms with Gasteiger partial charge >= 0.3 is 0 Å². The summed E-state index contributed by atoms with van der Waals surface area (Å²) >= 11 is 1.81. The van der Waals surface area contributed by atoms with E-state index < -0.39 is 0 Å². The lowest BCUT2D eigenvalue weighted by Gasteiger charge is -2.17. The first kappa shape index (κ1) is 14.3. The monoisotopic (exact) mass is 274 g/mol. The number of likely N-dealkylation sites (N-methyl/N-ethyl adjacent to an activating group) is 1. The van der Waals surface area contributed by atoms with Gasteiger partial charge in [-0.1, -0.05) is 35.9 Å². The SMILES string of the molecule is Cc1ccc(CN(C)CCNCc2cccs2)cc1. The van der Waals surface area contributed by atoms with Crippen LogP contribution >= 0.6 is 11.3 Å². The van der Waals surface area contributed by atoms with Gasteiger partial charge in [-0.25, -0.2) is 0 Å². The van der Waals surface area contributed by atoms with Gasteiger partial charge in [0.2, 0.25) is 0 Å². The number of aryl methyl sites for hydroxylation is 1. The van der Waals surface area contributed by atoms with E-state index in [1.54, 1.807) is 0 Å². The van der Waals surface area contributed by atoms with Crippen molar-refractivity contribution in [3.05, 3.63) is 57.8 Å². The Morgan fingerprint density at radius 3 is 2.63 bits per heavy atom. The van der Waals surface area contributed by atoms with Crippen molar-refractivity contribution in [2.75, 3.05) is 20.1 Å². The zero-order valence-corrected chi connectivity index (χ0v) is 12.5. The van der Waals surface area contributed by atoms with Crippen LogP contribution in [0.1, 0.15) is 16.0 Å². The van der Waals surface area contributed by atoms with Gasteiger partial charge in [0.25, 0.3) is 0 Å². The summed E-state index contributed by atoms with van der Waals surface area (Å²) in [4.78, 5) is 3.76. The van der Waals surface area contributed by atoms with Crippen LogP contribution in [-0.4, -0.2) is 25.0 Å². The molecule has 2 aromatic rings. The van der Waals surface area contributed by atoms with Crippen molar-refractivity contribution in [2.24, 2.45) is 0 Å². The fourth-order valence-corrected chi connectivity index (χ4v) is 2.65. The third kappa shape index (κ3) is 5.15. The zero-order chi connectivity index (χ0) is 13.5. The quantitative estimate of drug-likeness (QED) is 0.780. The van der Waals surface area contributed by atoms with Gasteiger partial charge in [-0.2, -0.15) is 0 Å². The van der Waals surface area contributed by atoms with Crippen molar-refractivity contribution in [3.8, 4) is 0 Å².